The van der Waals surface area contributed by atoms with Crippen molar-refractivity contribution in [1.29, 1.82) is 0 Å². The molecule has 0 aromatic heterocycles. The Bertz CT molecular complexity index is 261. The van der Waals surface area contributed by atoms with Crippen LogP contribution >= 0.6 is 17.5 Å². The standard InChI is InChI=1S/C13H21N.C6H15P.ClH.Ir/c1-2-6-12-10(4-1)7-8-11-5-3-9-14-13(11)12;1-4-7(5-2)6-3;;/h6,10-13H,1-5,7-9H2;4-6H2,1-3H3;1H;/q-2;;;+3. The Morgan fingerprint density at radius 2 is 1.57 bits per heavy atom. The second-order valence-electron chi connectivity index (χ2n) is 7.19. The average Bonchev–Trinajstić information content (AvgIpc) is 2.65. The summed E-state index contributed by atoms with van der Waals surface area (Å²) in [6, 6.07) is 0.739. The van der Waals surface area contributed by atoms with Gasteiger partial charge in [0.25, 0.3) is 0 Å². The van der Waals surface area contributed by atoms with Gasteiger partial charge in [-0.1, -0.05) is 50.4 Å². The van der Waals surface area contributed by atoms with Gasteiger partial charge < -0.3 is 11.7 Å². The predicted molar refractivity (Wildman–Crippen MR) is 105 cm³/mol. The molecular weight excluding hydrogens is 501 g/mol. The Kier molecular flexibility index (Phi) is 13.2. The Labute approximate surface area is 161 Å². The van der Waals surface area contributed by atoms with Crippen LogP contribution < -0.4 is 0 Å². The molecule has 0 amide bonds. The second kappa shape index (κ2) is 13.5. The molecule has 1 saturated heterocycles. The molecule has 2 saturated carbocycles. The van der Waals surface area contributed by atoms with Crippen molar-refractivity contribution in [1.82, 2.24) is 0 Å². The molecule has 0 spiro atoms. The third kappa shape index (κ3) is 7.22. The van der Waals surface area contributed by atoms with Crippen LogP contribution in [0.25, 0.3) is 5.32 Å². The Morgan fingerprint density at radius 3 is 2.17 bits per heavy atom. The molecule has 0 N–H and O–H groups in total. The van der Waals surface area contributed by atoms with Gasteiger partial charge in [-0.05, 0) is 28.7 Å². The van der Waals surface area contributed by atoms with Gasteiger partial charge in [0.1, 0.15) is 0 Å². The van der Waals surface area contributed by atoms with E-state index in [0.29, 0.717) is 0 Å². The van der Waals surface area contributed by atoms with Crippen LogP contribution in [0.15, 0.2) is 0 Å². The maximum atomic E-state index is 4.90. The number of nitrogens with zero attached hydrogens (tertiary/aromatic N) is 1. The first-order chi connectivity index (χ1) is 11.3. The molecule has 3 aliphatic rings. The molecule has 0 aromatic rings. The number of rotatable bonds is 3. The summed E-state index contributed by atoms with van der Waals surface area (Å²) < 4.78 is 0. The summed E-state index contributed by atoms with van der Waals surface area (Å²) in [5.41, 5.74) is 0. The van der Waals surface area contributed by atoms with Crippen molar-refractivity contribution in [2.45, 2.75) is 71.8 Å². The molecule has 4 atom stereocenters. The van der Waals surface area contributed by atoms with Crippen LogP contribution in [0, 0.1) is 24.2 Å². The fourth-order valence-corrected chi connectivity index (χ4v) is 6.17. The van der Waals surface area contributed by atoms with Crippen molar-refractivity contribution in [2.75, 3.05) is 25.0 Å². The first-order valence-electron chi connectivity index (χ1n) is 9.76. The van der Waals surface area contributed by atoms with Gasteiger partial charge in [-0.25, -0.2) is 0 Å². The summed E-state index contributed by atoms with van der Waals surface area (Å²) >= 11 is 1.47. The van der Waals surface area contributed by atoms with Gasteiger partial charge in [-0.3, -0.25) is 0 Å². The van der Waals surface area contributed by atoms with Crippen LogP contribution in [0.3, 0.4) is 0 Å². The van der Waals surface area contributed by atoms with Crippen LogP contribution in [-0.4, -0.2) is 31.1 Å². The van der Waals surface area contributed by atoms with Crippen molar-refractivity contribution in [3.05, 3.63) is 11.7 Å². The molecule has 1 aliphatic heterocycles. The predicted octanol–water partition coefficient (Wildman–Crippen LogP) is 6.50. The van der Waals surface area contributed by atoms with Crippen molar-refractivity contribution in [2.24, 2.45) is 17.8 Å². The molecule has 3 rings (SSSR count). The first-order valence-corrected chi connectivity index (χ1v) is 14.8. The van der Waals surface area contributed by atoms with Crippen LogP contribution in [0.1, 0.15) is 65.7 Å². The van der Waals surface area contributed by atoms with Crippen molar-refractivity contribution >= 4 is 17.5 Å². The summed E-state index contributed by atoms with van der Waals surface area (Å²) in [6.07, 6.45) is 17.1. The van der Waals surface area contributed by atoms with Gasteiger partial charge in [0.15, 0.2) is 0 Å². The fourth-order valence-electron chi connectivity index (χ4n) is 4.67. The minimum atomic E-state index is 0.137. The summed E-state index contributed by atoms with van der Waals surface area (Å²) in [5, 5.41) is 4.90. The quantitative estimate of drug-likeness (QED) is 0.288. The number of hydrogen-bond acceptors (Lipinski definition) is 0. The van der Waals surface area contributed by atoms with Gasteiger partial charge in [0.2, 0.25) is 0 Å². The minimum absolute atomic E-state index is 0.137. The summed E-state index contributed by atoms with van der Waals surface area (Å²) in [7, 11) is 4.78. The Balaban J connectivity index is 0.000000253. The summed E-state index contributed by atoms with van der Waals surface area (Å²) in [4.78, 5) is 0. The van der Waals surface area contributed by atoms with Gasteiger partial charge in [0.05, 0.1) is 18.5 Å². The first kappa shape index (κ1) is 22.4. The van der Waals surface area contributed by atoms with Gasteiger partial charge >= 0.3 is 27.5 Å². The average molecular weight is 538 g/mol. The third-order valence-electron chi connectivity index (χ3n) is 6.12. The Hall–Kier alpha value is 1.33. The normalized spacial score (nSPS) is 32.6. The van der Waals surface area contributed by atoms with Crippen LogP contribution in [-0.2, 0) is 17.9 Å². The molecule has 4 unspecified atom stereocenters. The van der Waals surface area contributed by atoms with E-state index in [2.05, 4.69) is 36.8 Å². The van der Waals surface area contributed by atoms with Crippen molar-refractivity contribution in [3.8, 4) is 0 Å². The molecule has 2 aliphatic carbocycles. The summed E-state index contributed by atoms with van der Waals surface area (Å²) in [5.74, 6) is 2.84. The van der Waals surface area contributed by atoms with E-state index in [1.807, 2.05) is 0 Å². The van der Waals surface area contributed by atoms with Gasteiger partial charge in [-0.2, -0.15) is 18.4 Å². The Morgan fingerprint density at radius 1 is 0.957 bits per heavy atom. The summed E-state index contributed by atoms with van der Waals surface area (Å²) in [6.45, 7) is 8.07. The van der Waals surface area contributed by atoms with Crippen LogP contribution in [0.5, 0.6) is 0 Å². The molecule has 4 heteroatoms. The second-order valence-corrected chi connectivity index (χ2v) is 10.8. The van der Waals surface area contributed by atoms with Crippen molar-refractivity contribution in [3.63, 3.8) is 0 Å². The number of halogens is 1. The fraction of sp³-hybridized carbons (Fsp3) is 0.947. The molecular formula is C19H37ClIrNP+. The molecule has 0 aromatic carbocycles. The maximum absolute atomic E-state index is 4.90. The van der Waals surface area contributed by atoms with E-state index in [1.165, 1.54) is 81.3 Å². The molecule has 0 bridgehead atoms. The SMILES string of the molecule is CC[PH+](CC)CC.[CH-]1CCCC2CCC3CCC[N-]C3C12.[Cl][Ir+2]. The zero-order chi connectivity index (χ0) is 17.1. The van der Waals surface area contributed by atoms with E-state index in [0.717, 1.165) is 30.3 Å². The van der Waals surface area contributed by atoms with E-state index >= 15 is 0 Å². The topological polar surface area (TPSA) is 14.1 Å². The molecule has 3 fully saturated rings. The van der Waals surface area contributed by atoms with E-state index in [1.54, 1.807) is 0 Å². The molecule has 1 nitrogen and oxygen atoms in total. The van der Waals surface area contributed by atoms with E-state index in [4.69, 9.17) is 5.32 Å². The zero-order valence-electron chi connectivity index (χ0n) is 15.3. The van der Waals surface area contributed by atoms with Crippen molar-refractivity contribution < 1.29 is 17.9 Å². The van der Waals surface area contributed by atoms with Gasteiger partial charge in [0, 0.05) is 0 Å². The number of piperidine rings is 1. The third-order valence-corrected chi connectivity index (χ3v) is 9.12. The van der Waals surface area contributed by atoms with E-state index in [9.17, 15) is 0 Å². The monoisotopic (exact) mass is 538 g/mol. The van der Waals surface area contributed by atoms with E-state index in [-0.39, 0.29) is 7.92 Å². The molecule has 0 radical (unpaired) electrons. The number of fused-ring (bicyclic) bond motifs is 3. The van der Waals surface area contributed by atoms with Crippen LogP contribution in [0.4, 0.5) is 0 Å². The molecule has 138 valence electrons. The van der Waals surface area contributed by atoms with Crippen LogP contribution in [0.2, 0.25) is 0 Å². The van der Waals surface area contributed by atoms with E-state index < -0.39 is 0 Å². The molecule has 23 heavy (non-hydrogen) atoms. The van der Waals surface area contributed by atoms with Gasteiger partial charge in [-0.15, -0.1) is 6.54 Å². The zero-order valence-corrected chi connectivity index (χ0v) is 19.5. The number of hydrogen-bond donors (Lipinski definition) is 0. The molecule has 1 heterocycles.